The summed E-state index contributed by atoms with van der Waals surface area (Å²) in [6.45, 7) is 4.43. The van der Waals surface area contributed by atoms with Crippen molar-refractivity contribution in [2.45, 2.75) is 25.7 Å². The number of rotatable bonds is 8. The van der Waals surface area contributed by atoms with Crippen LogP contribution >= 0.6 is 0 Å². The Morgan fingerprint density at radius 3 is 2.33 bits per heavy atom. The van der Waals surface area contributed by atoms with Crippen molar-refractivity contribution in [3.8, 4) is 11.5 Å². The fraction of sp³-hybridized carbons (Fsp3) is 0.333. The number of methoxy groups -OCH3 is 2. The molecule has 0 aliphatic heterocycles. The van der Waals surface area contributed by atoms with Crippen molar-refractivity contribution in [2.24, 2.45) is 0 Å². The van der Waals surface area contributed by atoms with Crippen molar-refractivity contribution in [1.29, 1.82) is 0 Å². The van der Waals surface area contributed by atoms with Gasteiger partial charge < -0.3 is 19.9 Å². The van der Waals surface area contributed by atoms with Gasteiger partial charge in [-0.25, -0.2) is 4.79 Å². The predicted molar refractivity (Wildman–Crippen MR) is 103 cm³/mol. The Morgan fingerprint density at radius 1 is 1.04 bits per heavy atom. The van der Waals surface area contributed by atoms with Gasteiger partial charge in [0, 0.05) is 12.0 Å². The second-order valence-corrected chi connectivity index (χ2v) is 6.87. The Hall–Kier alpha value is -3.02. The zero-order valence-corrected chi connectivity index (χ0v) is 16.0. The van der Waals surface area contributed by atoms with Gasteiger partial charge in [-0.1, -0.05) is 38.1 Å². The van der Waals surface area contributed by atoms with Crippen LogP contribution in [0.1, 0.15) is 35.3 Å². The molecule has 0 bridgehead atoms. The lowest BCUT2D eigenvalue weighted by atomic mass is 9.84. The second kappa shape index (κ2) is 8.58. The average molecular weight is 371 g/mol. The van der Waals surface area contributed by atoms with Gasteiger partial charge in [0.05, 0.1) is 26.2 Å². The van der Waals surface area contributed by atoms with Crippen LogP contribution < -0.4 is 14.8 Å². The van der Waals surface area contributed by atoms with E-state index in [-0.39, 0.29) is 23.3 Å². The topological polar surface area (TPSA) is 84.9 Å². The number of hydrogen-bond donors (Lipinski definition) is 2. The number of amides is 1. The van der Waals surface area contributed by atoms with E-state index in [1.807, 2.05) is 32.0 Å². The van der Waals surface area contributed by atoms with E-state index in [1.54, 1.807) is 32.4 Å². The molecule has 0 saturated carbocycles. The molecule has 0 fully saturated rings. The zero-order valence-electron chi connectivity index (χ0n) is 16.0. The van der Waals surface area contributed by atoms with Crippen molar-refractivity contribution in [1.82, 2.24) is 5.32 Å². The average Bonchev–Trinajstić information content (AvgIpc) is 2.66. The van der Waals surface area contributed by atoms with Gasteiger partial charge in [0.25, 0.3) is 0 Å². The molecule has 27 heavy (non-hydrogen) atoms. The molecule has 2 aromatic carbocycles. The van der Waals surface area contributed by atoms with E-state index < -0.39 is 5.97 Å². The van der Waals surface area contributed by atoms with Gasteiger partial charge in [0.1, 0.15) is 0 Å². The maximum absolute atomic E-state index is 12.3. The van der Waals surface area contributed by atoms with Gasteiger partial charge in [0.2, 0.25) is 5.91 Å². The normalized spacial score (nSPS) is 11.0. The van der Waals surface area contributed by atoms with Crippen LogP contribution in [0.5, 0.6) is 11.5 Å². The van der Waals surface area contributed by atoms with Crippen molar-refractivity contribution >= 4 is 11.9 Å². The first-order chi connectivity index (χ1) is 12.8. The van der Waals surface area contributed by atoms with E-state index in [0.717, 1.165) is 5.56 Å². The highest BCUT2D eigenvalue weighted by atomic mass is 16.5. The molecule has 0 heterocycles. The number of aromatic carboxylic acids is 1. The molecule has 6 heteroatoms. The number of ether oxygens (including phenoxy) is 2. The molecule has 0 atom stereocenters. The van der Waals surface area contributed by atoms with Crippen LogP contribution in [0, 0.1) is 0 Å². The van der Waals surface area contributed by atoms with E-state index in [1.165, 1.54) is 6.07 Å². The third kappa shape index (κ3) is 5.00. The smallest absolute Gasteiger partial charge is 0.335 e. The number of nitrogens with one attached hydrogen (secondary N) is 1. The lowest BCUT2D eigenvalue weighted by Gasteiger charge is -2.26. The summed E-state index contributed by atoms with van der Waals surface area (Å²) in [6.07, 6.45) is 0.0183. The van der Waals surface area contributed by atoms with Crippen molar-refractivity contribution in [3.63, 3.8) is 0 Å². The molecule has 2 N–H and O–H groups in total. The summed E-state index contributed by atoms with van der Waals surface area (Å²) >= 11 is 0. The Labute approximate surface area is 159 Å². The number of carbonyl (C=O) groups excluding carboxylic acids is 1. The standard InChI is InChI=1S/C21H25NO5/c1-21(2,15-9-10-17(26-3)18(12-15)27-4)13-22-19(23)11-14-7-5-6-8-16(14)20(24)25/h5-10,12H,11,13H2,1-4H3,(H,22,23)(H,24,25). The highest BCUT2D eigenvalue weighted by Gasteiger charge is 2.23. The molecule has 0 spiro atoms. The molecule has 2 aromatic rings. The lowest BCUT2D eigenvalue weighted by molar-refractivity contribution is -0.120. The minimum absolute atomic E-state index is 0.0183. The van der Waals surface area contributed by atoms with Crippen LogP contribution in [0.15, 0.2) is 42.5 Å². The van der Waals surface area contributed by atoms with E-state index in [4.69, 9.17) is 9.47 Å². The summed E-state index contributed by atoms with van der Waals surface area (Å²) in [5.74, 6) is 0.0115. The fourth-order valence-electron chi connectivity index (χ4n) is 2.80. The number of hydrogen-bond acceptors (Lipinski definition) is 4. The summed E-state index contributed by atoms with van der Waals surface area (Å²) < 4.78 is 10.6. The summed E-state index contributed by atoms with van der Waals surface area (Å²) in [5, 5.41) is 12.1. The number of carboxylic acids is 1. The molecule has 0 radical (unpaired) electrons. The molecule has 0 aromatic heterocycles. The van der Waals surface area contributed by atoms with Gasteiger partial charge >= 0.3 is 5.97 Å². The van der Waals surface area contributed by atoms with E-state index in [9.17, 15) is 14.7 Å². The minimum Gasteiger partial charge on any atom is -0.493 e. The van der Waals surface area contributed by atoms with Crippen molar-refractivity contribution in [2.75, 3.05) is 20.8 Å². The third-order valence-electron chi connectivity index (χ3n) is 4.49. The third-order valence-corrected chi connectivity index (χ3v) is 4.49. The molecule has 1 amide bonds. The number of carboxylic acid groups (broad SMARTS) is 1. The molecule has 0 saturated heterocycles. The summed E-state index contributed by atoms with van der Waals surface area (Å²) in [4.78, 5) is 23.6. The quantitative estimate of drug-likeness (QED) is 0.745. The van der Waals surface area contributed by atoms with Gasteiger partial charge in [0.15, 0.2) is 11.5 Å². The molecular weight excluding hydrogens is 346 g/mol. The Kier molecular flexibility index (Phi) is 6.45. The number of carbonyl (C=O) groups is 2. The monoisotopic (exact) mass is 371 g/mol. The molecule has 6 nitrogen and oxygen atoms in total. The number of benzene rings is 2. The van der Waals surface area contributed by atoms with Gasteiger partial charge in [-0.05, 0) is 29.3 Å². The van der Waals surface area contributed by atoms with Gasteiger partial charge in [-0.3, -0.25) is 4.79 Å². The van der Waals surface area contributed by atoms with Crippen LogP contribution in [0.4, 0.5) is 0 Å². The highest BCUT2D eigenvalue weighted by molar-refractivity contribution is 5.91. The first kappa shape index (κ1) is 20.3. The SMILES string of the molecule is COc1ccc(C(C)(C)CNC(=O)Cc2ccccc2C(=O)O)cc1OC. The van der Waals surface area contributed by atoms with Crippen molar-refractivity contribution < 1.29 is 24.2 Å². The van der Waals surface area contributed by atoms with Crippen molar-refractivity contribution in [3.05, 3.63) is 59.2 Å². The maximum atomic E-state index is 12.3. The van der Waals surface area contributed by atoms with E-state index in [2.05, 4.69) is 5.32 Å². The van der Waals surface area contributed by atoms with Crippen LogP contribution in [0.3, 0.4) is 0 Å². The van der Waals surface area contributed by atoms with Crippen LogP contribution in [0.2, 0.25) is 0 Å². The Balaban J connectivity index is 2.07. The molecule has 2 rings (SSSR count). The fourth-order valence-corrected chi connectivity index (χ4v) is 2.80. The van der Waals surface area contributed by atoms with E-state index in [0.29, 0.717) is 23.6 Å². The summed E-state index contributed by atoms with van der Waals surface area (Å²) in [5.41, 5.74) is 1.28. The zero-order chi connectivity index (χ0) is 20.0. The first-order valence-electron chi connectivity index (χ1n) is 8.59. The maximum Gasteiger partial charge on any atom is 0.335 e. The second-order valence-electron chi connectivity index (χ2n) is 6.87. The molecule has 144 valence electrons. The molecular formula is C21H25NO5. The van der Waals surface area contributed by atoms with Gasteiger partial charge in [-0.15, -0.1) is 0 Å². The lowest BCUT2D eigenvalue weighted by Crippen LogP contribution is -2.37. The highest BCUT2D eigenvalue weighted by Crippen LogP contribution is 2.32. The largest absolute Gasteiger partial charge is 0.493 e. The minimum atomic E-state index is -1.04. The molecule has 0 unspecified atom stereocenters. The van der Waals surface area contributed by atoms with Gasteiger partial charge in [-0.2, -0.15) is 0 Å². The van der Waals surface area contributed by atoms with Crippen LogP contribution in [-0.4, -0.2) is 37.7 Å². The van der Waals surface area contributed by atoms with Crippen LogP contribution in [-0.2, 0) is 16.6 Å². The summed E-state index contributed by atoms with van der Waals surface area (Å²) in [6, 6.07) is 12.2. The molecule has 0 aliphatic carbocycles. The Bertz CT molecular complexity index is 829. The van der Waals surface area contributed by atoms with Crippen LogP contribution in [0.25, 0.3) is 0 Å². The Morgan fingerprint density at radius 2 is 1.70 bits per heavy atom. The first-order valence-corrected chi connectivity index (χ1v) is 8.59. The summed E-state index contributed by atoms with van der Waals surface area (Å²) in [7, 11) is 3.16. The molecule has 0 aliphatic rings. The van der Waals surface area contributed by atoms with E-state index >= 15 is 0 Å². The predicted octanol–water partition coefficient (Wildman–Crippen LogP) is 3.04.